The van der Waals surface area contributed by atoms with Crippen LogP contribution in [-0.4, -0.2) is 49.5 Å². The predicted octanol–water partition coefficient (Wildman–Crippen LogP) is 5.00. The lowest BCUT2D eigenvalue weighted by atomic mass is 10.1. The van der Waals surface area contributed by atoms with Crippen molar-refractivity contribution in [2.75, 3.05) is 29.8 Å². The van der Waals surface area contributed by atoms with Gasteiger partial charge in [0.25, 0.3) is 10.0 Å². The number of nitrogens with one attached hydrogen (secondary N) is 1. The van der Waals surface area contributed by atoms with E-state index in [0.29, 0.717) is 5.69 Å². The molecule has 2 aromatic carbocycles. The molecule has 7 nitrogen and oxygen atoms in total. The van der Waals surface area contributed by atoms with E-state index in [1.165, 1.54) is 33.9 Å². The predicted molar refractivity (Wildman–Crippen MR) is 138 cm³/mol. The largest absolute Gasteiger partial charge is 0.369 e. The van der Waals surface area contributed by atoms with Gasteiger partial charge in [0.2, 0.25) is 0 Å². The Balaban J connectivity index is 1.31. The van der Waals surface area contributed by atoms with Gasteiger partial charge in [0.15, 0.2) is 5.82 Å². The van der Waals surface area contributed by atoms with Gasteiger partial charge < -0.3 is 4.90 Å². The van der Waals surface area contributed by atoms with Crippen molar-refractivity contribution < 1.29 is 12.8 Å². The number of likely N-dealkylation sites (N-methyl/N-ethyl adjacent to an activating group) is 1. The summed E-state index contributed by atoms with van der Waals surface area (Å²) in [7, 11) is -2.30. The first-order chi connectivity index (χ1) is 16.8. The number of thiazole rings is 1. The maximum Gasteiger partial charge on any atom is 0.266 e. The molecule has 11 heteroatoms. The van der Waals surface area contributed by atoms with Crippen LogP contribution >= 0.6 is 22.9 Å². The summed E-state index contributed by atoms with van der Waals surface area (Å²) >= 11 is 7.69. The highest BCUT2D eigenvalue weighted by Gasteiger charge is 2.29. The minimum absolute atomic E-state index is 0.107. The molecule has 0 amide bonds. The summed E-state index contributed by atoms with van der Waals surface area (Å²) in [5, 5.41) is 4.00. The zero-order valence-electron chi connectivity index (χ0n) is 18.9. The molecule has 1 fully saturated rings. The molecule has 4 aromatic rings. The number of fused-ring (bicyclic) bond motifs is 1. The molecule has 1 atom stereocenters. The van der Waals surface area contributed by atoms with E-state index in [-0.39, 0.29) is 16.9 Å². The summed E-state index contributed by atoms with van der Waals surface area (Å²) in [6.45, 7) is 2.45. The number of hydrogen-bond donors (Lipinski definition) is 1. The first-order valence-corrected chi connectivity index (χ1v) is 13.8. The van der Waals surface area contributed by atoms with Gasteiger partial charge in [-0.2, -0.15) is 0 Å². The molecule has 2 aromatic heterocycles. The highest BCUT2D eigenvalue weighted by molar-refractivity contribution is 7.92. The molecule has 35 heavy (non-hydrogen) atoms. The Morgan fingerprint density at radius 3 is 2.97 bits per heavy atom. The highest BCUT2D eigenvalue weighted by atomic mass is 35.5. The molecule has 1 saturated heterocycles. The monoisotopic (exact) mass is 531 g/mol. The molecule has 0 saturated carbocycles. The standard InChI is InChI=1S/C24H23ClFN5O2S2/c1-30(18-6-8-31(13-18)12-17-4-2-3-16-5-7-27-11-19(16)17)22-10-21(26)23(9-20(22)25)35(32,33)29-24-14-34-15-28-24/h2-5,7,9-11,14-15,18,29H,6,8,12-13H2,1H3/t18-/m0/s1. The first kappa shape index (κ1) is 23.9. The molecule has 0 spiro atoms. The van der Waals surface area contributed by atoms with Crippen LogP contribution in [0.1, 0.15) is 12.0 Å². The molecular weight excluding hydrogens is 509 g/mol. The smallest absolute Gasteiger partial charge is 0.266 e. The summed E-state index contributed by atoms with van der Waals surface area (Å²) < 4.78 is 42.6. The topological polar surface area (TPSA) is 78.4 Å². The van der Waals surface area contributed by atoms with E-state index in [4.69, 9.17) is 11.6 Å². The average molecular weight is 532 g/mol. The second kappa shape index (κ2) is 9.69. The Hall–Kier alpha value is -2.79. The third-order valence-corrected chi connectivity index (χ3v) is 8.56. The van der Waals surface area contributed by atoms with Crippen LogP contribution in [0.4, 0.5) is 15.9 Å². The van der Waals surface area contributed by atoms with Gasteiger partial charge in [0, 0.05) is 62.0 Å². The van der Waals surface area contributed by atoms with Crippen molar-refractivity contribution in [3.8, 4) is 0 Å². The zero-order valence-corrected chi connectivity index (χ0v) is 21.2. The Bertz CT molecular complexity index is 1460. The van der Waals surface area contributed by atoms with Crippen LogP contribution < -0.4 is 9.62 Å². The molecular formula is C24H23ClFN5O2S2. The van der Waals surface area contributed by atoms with Crippen LogP contribution in [-0.2, 0) is 16.6 Å². The number of anilines is 2. The van der Waals surface area contributed by atoms with Gasteiger partial charge in [-0.25, -0.2) is 17.8 Å². The maximum absolute atomic E-state index is 15.0. The molecule has 0 radical (unpaired) electrons. The number of pyridine rings is 1. The van der Waals surface area contributed by atoms with Crippen molar-refractivity contribution in [3.63, 3.8) is 0 Å². The number of sulfonamides is 1. The molecule has 182 valence electrons. The number of aromatic nitrogens is 2. The lowest BCUT2D eigenvalue weighted by Crippen LogP contribution is -2.34. The molecule has 0 aliphatic carbocycles. The fourth-order valence-electron chi connectivity index (χ4n) is 4.47. The number of hydrogen-bond acceptors (Lipinski definition) is 7. The Morgan fingerprint density at radius 2 is 2.17 bits per heavy atom. The van der Waals surface area contributed by atoms with Crippen molar-refractivity contribution in [2.24, 2.45) is 0 Å². The van der Waals surface area contributed by atoms with Crippen molar-refractivity contribution >= 4 is 55.2 Å². The number of halogens is 2. The highest BCUT2D eigenvalue weighted by Crippen LogP contribution is 2.34. The second-order valence-electron chi connectivity index (χ2n) is 8.52. The molecule has 3 heterocycles. The van der Waals surface area contributed by atoms with Gasteiger partial charge in [-0.1, -0.05) is 29.8 Å². The van der Waals surface area contributed by atoms with E-state index in [1.807, 2.05) is 24.2 Å². The van der Waals surface area contributed by atoms with Crippen LogP contribution in [0, 0.1) is 5.82 Å². The lowest BCUT2D eigenvalue weighted by molar-refractivity contribution is 0.327. The van der Waals surface area contributed by atoms with Crippen LogP contribution in [0.25, 0.3) is 10.8 Å². The SMILES string of the molecule is CN(c1cc(F)c(S(=O)(=O)Nc2cscn2)cc1Cl)[C@H]1CCN(Cc2cccc3ccncc23)C1. The Kier molecular flexibility index (Phi) is 6.63. The quantitative estimate of drug-likeness (QED) is 0.362. The van der Waals surface area contributed by atoms with Gasteiger partial charge in [-0.05, 0) is 29.5 Å². The van der Waals surface area contributed by atoms with E-state index < -0.39 is 20.7 Å². The summed E-state index contributed by atoms with van der Waals surface area (Å²) in [4.78, 5) is 11.9. The molecule has 5 rings (SSSR count). The summed E-state index contributed by atoms with van der Waals surface area (Å²) in [5.41, 5.74) is 3.16. The van der Waals surface area contributed by atoms with E-state index >= 15 is 0 Å². The summed E-state index contributed by atoms with van der Waals surface area (Å²) in [5.74, 6) is -0.725. The number of benzene rings is 2. The van der Waals surface area contributed by atoms with Crippen molar-refractivity contribution in [1.29, 1.82) is 0 Å². The number of nitrogens with zero attached hydrogens (tertiary/aromatic N) is 4. The zero-order chi connectivity index (χ0) is 24.6. The number of rotatable bonds is 7. The van der Waals surface area contributed by atoms with E-state index in [0.717, 1.165) is 42.9 Å². The summed E-state index contributed by atoms with van der Waals surface area (Å²) in [6, 6.07) is 10.7. The van der Waals surface area contributed by atoms with Crippen LogP contribution in [0.15, 0.2) is 64.6 Å². The first-order valence-electron chi connectivity index (χ1n) is 11.0. The van der Waals surface area contributed by atoms with Crippen molar-refractivity contribution in [2.45, 2.75) is 23.9 Å². The van der Waals surface area contributed by atoms with Gasteiger partial charge in [-0.15, -0.1) is 11.3 Å². The Morgan fingerprint density at radius 1 is 1.31 bits per heavy atom. The fraction of sp³-hybridized carbons (Fsp3) is 0.250. The minimum atomic E-state index is -4.16. The number of likely N-dealkylation sites (tertiary alicyclic amines) is 1. The molecule has 0 unspecified atom stereocenters. The van der Waals surface area contributed by atoms with Crippen LogP contribution in [0.2, 0.25) is 5.02 Å². The molecule has 1 aliphatic heterocycles. The van der Waals surface area contributed by atoms with Gasteiger partial charge >= 0.3 is 0 Å². The van der Waals surface area contributed by atoms with Gasteiger partial charge in [-0.3, -0.25) is 14.6 Å². The summed E-state index contributed by atoms with van der Waals surface area (Å²) in [6.07, 6.45) is 4.57. The average Bonchev–Trinajstić information content (AvgIpc) is 3.52. The third-order valence-electron chi connectivity index (χ3n) is 6.31. The normalized spacial score (nSPS) is 16.6. The van der Waals surface area contributed by atoms with E-state index in [1.54, 1.807) is 6.20 Å². The van der Waals surface area contributed by atoms with E-state index in [9.17, 15) is 12.8 Å². The fourth-order valence-corrected chi connectivity index (χ4v) is 6.48. The van der Waals surface area contributed by atoms with Crippen molar-refractivity contribution in [1.82, 2.24) is 14.9 Å². The van der Waals surface area contributed by atoms with Crippen molar-refractivity contribution in [3.05, 3.63) is 76.1 Å². The van der Waals surface area contributed by atoms with Crippen LogP contribution in [0.5, 0.6) is 0 Å². The second-order valence-corrected chi connectivity index (χ2v) is 11.3. The molecule has 1 aliphatic rings. The van der Waals surface area contributed by atoms with E-state index in [2.05, 4.69) is 37.8 Å². The molecule has 0 bridgehead atoms. The maximum atomic E-state index is 15.0. The molecule has 1 N–H and O–H groups in total. The third kappa shape index (κ3) is 4.97. The van der Waals surface area contributed by atoms with Gasteiger partial charge in [0.05, 0.1) is 16.2 Å². The van der Waals surface area contributed by atoms with Crippen LogP contribution in [0.3, 0.4) is 0 Å². The lowest BCUT2D eigenvalue weighted by Gasteiger charge is -2.28. The minimum Gasteiger partial charge on any atom is -0.369 e. The Labute approximate surface area is 212 Å². The van der Waals surface area contributed by atoms with Gasteiger partial charge in [0.1, 0.15) is 10.7 Å².